The molecule has 1 heterocycles. The largest absolute Gasteiger partial charge is 0.495 e. The van der Waals surface area contributed by atoms with Crippen molar-refractivity contribution in [1.29, 1.82) is 0 Å². The molecule has 0 aliphatic heterocycles. The first-order valence-electron chi connectivity index (χ1n) is 8.44. The molecule has 0 saturated heterocycles. The number of aryl methyl sites for hydroxylation is 1. The molecule has 0 aliphatic rings. The van der Waals surface area contributed by atoms with Crippen LogP contribution in [0.1, 0.15) is 16.1 Å². The lowest BCUT2D eigenvalue weighted by Gasteiger charge is -2.13. The molecular formula is C19H16ClF2N3O4S. The lowest BCUT2D eigenvalue weighted by atomic mass is 10.2. The van der Waals surface area contributed by atoms with Gasteiger partial charge in [-0.1, -0.05) is 17.7 Å². The number of carbonyl (C=O) groups is 1. The second-order valence-corrected chi connectivity index (χ2v) is 8.32. The Bertz CT molecular complexity index is 1240. The molecule has 1 amide bonds. The Morgan fingerprint density at radius 1 is 1.20 bits per heavy atom. The van der Waals surface area contributed by atoms with Crippen molar-refractivity contribution in [3.05, 3.63) is 64.4 Å². The zero-order chi connectivity index (χ0) is 22.2. The van der Waals surface area contributed by atoms with Crippen molar-refractivity contribution >= 4 is 27.5 Å². The number of ether oxygens (including phenoxy) is 1. The first-order valence-corrected chi connectivity index (χ1v) is 10.3. The molecule has 0 fully saturated rings. The van der Waals surface area contributed by atoms with Gasteiger partial charge in [-0.2, -0.15) is 0 Å². The number of halogens is 3. The summed E-state index contributed by atoms with van der Waals surface area (Å²) >= 11 is 6.00. The SMILES string of the molecule is COc1ccc(Cl)c(C)c1S(=O)(=O)NC(=O)c1cn(C)c(-c2c(F)cccc2F)n1. The molecule has 2 aromatic carbocycles. The molecule has 0 saturated carbocycles. The number of rotatable bonds is 5. The Hall–Kier alpha value is -2.98. The maximum atomic E-state index is 14.1. The van der Waals surface area contributed by atoms with Crippen LogP contribution in [0.5, 0.6) is 5.75 Å². The number of amides is 1. The average Bonchev–Trinajstić information content (AvgIpc) is 3.05. The third-order valence-corrected chi connectivity index (χ3v) is 6.22. The quantitative estimate of drug-likeness (QED) is 0.636. The second kappa shape index (κ2) is 8.04. The number of imidazole rings is 1. The van der Waals surface area contributed by atoms with E-state index in [2.05, 4.69) is 4.98 Å². The molecule has 0 spiro atoms. The van der Waals surface area contributed by atoms with E-state index < -0.39 is 33.1 Å². The third-order valence-electron chi connectivity index (χ3n) is 4.31. The molecule has 7 nitrogen and oxygen atoms in total. The van der Waals surface area contributed by atoms with Crippen LogP contribution < -0.4 is 9.46 Å². The predicted molar refractivity (Wildman–Crippen MR) is 106 cm³/mol. The van der Waals surface area contributed by atoms with E-state index >= 15 is 0 Å². The number of nitrogens with one attached hydrogen (secondary N) is 1. The molecule has 0 unspecified atom stereocenters. The summed E-state index contributed by atoms with van der Waals surface area (Å²) < 4.78 is 61.9. The van der Waals surface area contributed by atoms with Crippen LogP contribution in [0.25, 0.3) is 11.4 Å². The molecule has 0 atom stereocenters. The number of carbonyl (C=O) groups excluding carboxylic acids is 1. The van der Waals surface area contributed by atoms with Gasteiger partial charge in [0.1, 0.15) is 33.8 Å². The summed E-state index contributed by atoms with van der Waals surface area (Å²) in [6.45, 7) is 1.46. The van der Waals surface area contributed by atoms with Crippen molar-refractivity contribution in [2.45, 2.75) is 11.8 Å². The molecule has 0 radical (unpaired) electrons. The lowest BCUT2D eigenvalue weighted by Crippen LogP contribution is -2.31. The van der Waals surface area contributed by atoms with Crippen LogP contribution in [0.2, 0.25) is 5.02 Å². The number of hydrogen-bond acceptors (Lipinski definition) is 5. The first kappa shape index (κ1) is 21.7. The highest BCUT2D eigenvalue weighted by Crippen LogP contribution is 2.32. The summed E-state index contributed by atoms with van der Waals surface area (Å²) in [4.78, 5) is 16.2. The van der Waals surface area contributed by atoms with E-state index in [0.717, 1.165) is 18.3 Å². The van der Waals surface area contributed by atoms with Crippen LogP contribution in [-0.2, 0) is 17.1 Å². The highest BCUT2D eigenvalue weighted by atomic mass is 35.5. The van der Waals surface area contributed by atoms with Gasteiger partial charge >= 0.3 is 0 Å². The van der Waals surface area contributed by atoms with Crippen molar-refractivity contribution in [1.82, 2.24) is 14.3 Å². The summed E-state index contributed by atoms with van der Waals surface area (Å²) in [5.74, 6) is -3.02. The molecule has 1 N–H and O–H groups in total. The van der Waals surface area contributed by atoms with E-state index in [1.807, 2.05) is 4.72 Å². The maximum absolute atomic E-state index is 14.1. The second-order valence-electron chi connectivity index (χ2n) is 6.30. The summed E-state index contributed by atoms with van der Waals surface area (Å²) in [5.41, 5.74) is -0.599. The Kier molecular flexibility index (Phi) is 5.82. The topological polar surface area (TPSA) is 90.3 Å². The van der Waals surface area contributed by atoms with Gasteiger partial charge in [0.15, 0.2) is 0 Å². The monoisotopic (exact) mass is 455 g/mol. The van der Waals surface area contributed by atoms with E-state index in [-0.39, 0.29) is 32.7 Å². The van der Waals surface area contributed by atoms with Crippen LogP contribution in [0.15, 0.2) is 41.4 Å². The molecule has 11 heteroatoms. The van der Waals surface area contributed by atoms with E-state index in [1.165, 1.54) is 43.8 Å². The number of sulfonamides is 1. The number of methoxy groups -OCH3 is 1. The van der Waals surface area contributed by atoms with Gasteiger partial charge in [0.2, 0.25) is 0 Å². The van der Waals surface area contributed by atoms with Crippen molar-refractivity contribution in [2.75, 3.05) is 7.11 Å². The van der Waals surface area contributed by atoms with E-state index in [4.69, 9.17) is 16.3 Å². The Balaban J connectivity index is 1.99. The molecule has 3 rings (SSSR count). The van der Waals surface area contributed by atoms with Gasteiger partial charge in [-0.25, -0.2) is 26.9 Å². The minimum Gasteiger partial charge on any atom is -0.495 e. The van der Waals surface area contributed by atoms with Crippen molar-refractivity contribution in [3.8, 4) is 17.1 Å². The molecule has 0 bridgehead atoms. The van der Waals surface area contributed by atoms with Crippen LogP contribution in [0, 0.1) is 18.6 Å². The smallest absolute Gasteiger partial charge is 0.285 e. The number of nitrogens with zero attached hydrogens (tertiary/aromatic N) is 2. The molecule has 158 valence electrons. The molecular weight excluding hydrogens is 440 g/mol. The summed E-state index contributed by atoms with van der Waals surface area (Å²) in [6.07, 6.45) is 1.16. The average molecular weight is 456 g/mol. The Morgan fingerprint density at radius 3 is 2.43 bits per heavy atom. The standard InChI is InChI=1S/C19H16ClF2N3O4S/c1-10-11(20)7-8-15(29-3)17(10)30(27,28)24-19(26)14-9-25(2)18(23-14)16-12(21)5-4-6-13(16)22/h4-9H,1-3H3,(H,24,26). The molecule has 30 heavy (non-hydrogen) atoms. The van der Waals surface area contributed by atoms with Gasteiger partial charge in [0, 0.05) is 18.3 Å². The maximum Gasteiger partial charge on any atom is 0.285 e. The highest BCUT2D eigenvalue weighted by Gasteiger charge is 2.28. The highest BCUT2D eigenvalue weighted by molar-refractivity contribution is 7.90. The van der Waals surface area contributed by atoms with Gasteiger partial charge in [0.25, 0.3) is 15.9 Å². The van der Waals surface area contributed by atoms with Crippen molar-refractivity contribution in [2.24, 2.45) is 7.05 Å². The fourth-order valence-corrected chi connectivity index (χ4v) is 4.48. The first-order chi connectivity index (χ1) is 14.1. The third kappa shape index (κ3) is 3.88. The Morgan fingerprint density at radius 2 is 1.83 bits per heavy atom. The normalized spacial score (nSPS) is 11.4. The van der Waals surface area contributed by atoms with Crippen LogP contribution in [0.4, 0.5) is 8.78 Å². The Labute approximate surface area is 176 Å². The fourth-order valence-electron chi connectivity index (χ4n) is 2.88. The summed E-state index contributed by atoms with van der Waals surface area (Å²) in [5, 5.41) is 0.166. The number of benzene rings is 2. The van der Waals surface area contributed by atoms with Crippen molar-refractivity contribution < 1.29 is 26.7 Å². The van der Waals surface area contributed by atoms with Gasteiger partial charge in [-0.05, 0) is 36.8 Å². The van der Waals surface area contributed by atoms with Gasteiger partial charge in [0.05, 0.1) is 12.7 Å². The van der Waals surface area contributed by atoms with Crippen molar-refractivity contribution in [3.63, 3.8) is 0 Å². The van der Waals surface area contributed by atoms with Crippen LogP contribution in [-0.4, -0.2) is 31.0 Å². The molecule has 0 aliphatic carbocycles. The van der Waals surface area contributed by atoms with Gasteiger partial charge in [-0.3, -0.25) is 4.79 Å². The molecule has 3 aromatic rings. The van der Waals surface area contributed by atoms with E-state index in [1.54, 1.807) is 0 Å². The van der Waals surface area contributed by atoms with E-state index in [9.17, 15) is 22.0 Å². The summed E-state index contributed by atoms with van der Waals surface area (Å²) in [6, 6.07) is 6.10. The lowest BCUT2D eigenvalue weighted by molar-refractivity contribution is 0.0977. The minimum atomic E-state index is -4.39. The van der Waals surface area contributed by atoms with Crippen LogP contribution >= 0.6 is 11.6 Å². The minimum absolute atomic E-state index is 0.00709. The molecule has 1 aromatic heterocycles. The zero-order valence-electron chi connectivity index (χ0n) is 16.0. The van der Waals surface area contributed by atoms with Gasteiger partial charge in [-0.15, -0.1) is 0 Å². The van der Waals surface area contributed by atoms with Gasteiger partial charge < -0.3 is 9.30 Å². The van der Waals surface area contributed by atoms with E-state index in [0.29, 0.717) is 0 Å². The predicted octanol–water partition coefficient (Wildman–Crippen LogP) is 3.45. The van der Waals surface area contributed by atoms with Crippen LogP contribution in [0.3, 0.4) is 0 Å². The fraction of sp³-hybridized carbons (Fsp3) is 0.158. The summed E-state index contributed by atoms with van der Waals surface area (Å²) in [7, 11) is -1.70. The number of aromatic nitrogens is 2. The zero-order valence-corrected chi connectivity index (χ0v) is 17.6. The number of hydrogen-bond donors (Lipinski definition) is 1.